The van der Waals surface area contributed by atoms with E-state index in [2.05, 4.69) is 34.1 Å². The van der Waals surface area contributed by atoms with E-state index in [0.717, 1.165) is 31.6 Å². The van der Waals surface area contributed by atoms with E-state index >= 15 is 0 Å². The van der Waals surface area contributed by atoms with E-state index in [1.54, 1.807) is 21.3 Å². The summed E-state index contributed by atoms with van der Waals surface area (Å²) in [7, 11) is 4.93. The Morgan fingerprint density at radius 2 is 1.73 bits per heavy atom. The normalized spacial score (nSPS) is 14.3. The van der Waals surface area contributed by atoms with Gasteiger partial charge in [-0.2, -0.15) is 0 Å². The van der Waals surface area contributed by atoms with Crippen molar-refractivity contribution in [2.24, 2.45) is 0 Å². The molecule has 0 bridgehead atoms. The second-order valence-electron chi connectivity index (χ2n) is 6.62. The number of aromatic nitrogens is 1. The van der Waals surface area contributed by atoms with Gasteiger partial charge in [0, 0.05) is 36.2 Å². The van der Waals surface area contributed by atoms with Crippen LogP contribution in [0.2, 0.25) is 0 Å². The Balaban J connectivity index is 1.59. The fourth-order valence-electron chi connectivity index (χ4n) is 3.87. The van der Waals surface area contributed by atoms with E-state index in [-0.39, 0.29) is 0 Å². The Labute approximate surface area is 153 Å². The molecular weight excluding hydrogens is 328 g/mol. The van der Waals surface area contributed by atoms with Crippen LogP contribution in [0.1, 0.15) is 16.8 Å². The van der Waals surface area contributed by atoms with Crippen LogP contribution in [0.15, 0.2) is 36.4 Å². The molecule has 2 aromatic carbocycles. The zero-order chi connectivity index (χ0) is 18.1. The van der Waals surface area contributed by atoms with Crippen LogP contribution >= 0.6 is 0 Å². The Bertz CT molecular complexity index is 907. The Hall–Kier alpha value is -2.66. The molecule has 1 aliphatic heterocycles. The molecule has 1 aliphatic rings. The lowest BCUT2D eigenvalue weighted by molar-refractivity contribution is 0.242. The highest BCUT2D eigenvalue weighted by Crippen LogP contribution is 2.39. The number of benzene rings is 2. The molecule has 0 saturated carbocycles. The molecule has 136 valence electrons. The molecule has 26 heavy (non-hydrogen) atoms. The number of fused-ring (bicyclic) bond motifs is 3. The van der Waals surface area contributed by atoms with Crippen LogP contribution < -0.4 is 14.2 Å². The molecule has 3 aromatic rings. The molecule has 1 N–H and O–H groups in total. The number of nitrogens with zero attached hydrogens (tertiary/aromatic N) is 1. The van der Waals surface area contributed by atoms with Crippen molar-refractivity contribution in [3.05, 3.63) is 53.2 Å². The Morgan fingerprint density at radius 1 is 1.00 bits per heavy atom. The van der Waals surface area contributed by atoms with Gasteiger partial charge >= 0.3 is 0 Å². The lowest BCUT2D eigenvalue weighted by atomic mass is 10.0. The average Bonchev–Trinajstić information content (AvgIpc) is 3.04. The van der Waals surface area contributed by atoms with Crippen molar-refractivity contribution >= 4 is 10.9 Å². The van der Waals surface area contributed by atoms with Crippen LogP contribution in [0.4, 0.5) is 0 Å². The van der Waals surface area contributed by atoms with Gasteiger partial charge in [-0.3, -0.25) is 4.90 Å². The fraction of sp³-hybridized carbons (Fsp3) is 0.333. The number of ether oxygens (including phenoxy) is 3. The van der Waals surface area contributed by atoms with Gasteiger partial charge in [0.2, 0.25) is 5.75 Å². The van der Waals surface area contributed by atoms with Crippen molar-refractivity contribution in [2.45, 2.75) is 19.5 Å². The van der Waals surface area contributed by atoms with Crippen molar-refractivity contribution in [1.82, 2.24) is 9.88 Å². The summed E-state index contributed by atoms with van der Waals surface area (Å²) in [6, 6.07) is 12.6. The summed E-state index contributed by atoms with van der Waals surface area (Å²) in [5, 5.41) is 1.36. The third kappa shape index (κ3) is 2.88. The van der Waals surface area contributed by atoms with Gasteiger partial charge in [-0.15, -0.1) is 0 Å². The molecule has 5 nitrogen and oxygen atoms in total. The molecule has 0 unspecified atom stereocenters. The number of aromatic amines is 1. The maximum Gasteiger partial charge on any atom is 0.203 e. The largest absolute Gasteiger partial charge is 0.493 e. The Morgan fingerprint density at radius 3 is 2.42 bits per heavy atom. The molecule has 0 spiro atoms. The first-order chi connectivity index (χ1) is 12.7. The minimum Gasteiger partial charge on any atom is -0.493 e. The number of methoxy groups -OCH3 is 3. The Kier molecular flexibility index (Phi) is 4.47. The van der Waals surface area contributed by atoms with E-state index in [9.17, 15) is 0 Å². The second kappa shape index (κ2) is 6.92. The smallest absolute Gasteiger partial charge is 0.203 e. The summed E-state index contributed by atoms with van der Waals surface area (Å²) in [5.41, 5.74) is 5.16. The molecule has 0 fully saturated rings. The molecule has 0 atom stereocenters. The zero-order valence-electron chi connectivity index (χ0n) is 15.5. The SMILES string of the molecule is COc1cc(CN2CCc3c([nH]c4ccccc34)C2)cc(OC)c1OC. The first-order valence-electron chi connectivity index (χ1n) is 8.83. The van der Waals surface area contributed by atoms with Crippen LogP contribution in [-0.4, -0.2) is 37.8 Å². The van der Waals surface area contributed by atoms with E-state index in [4.69, 9.17) is 14.2 Å². The van der Waals surface area contributed by atoms with Gasteiger partial charge in [0.25, 0.3) is 0 Å². The third-order valence-corrected chi connectivity index (χ3v) is 5.09. The molecule has 0 aliphatic carbocycles. The molecular formula is C21H24N2O3. The lowest BCUT2D eigenvalue weighted by Crippen LogP contribution is -2.29. The van der Waals surface area contributed by atoms with Gasteiger partial charge in [-0.1, -0.05) is 18.2 Å². The van der Waals surface area contributed by atoms with Gasteiger partial charge in [-0.05, 0) is 35.7 Å². The summed E-state index contributed by atoms with van der Waals surface area (Å²) in [6.07, 6.45) is 1.06. The number of nitrogens with one attached hydrogen (secondary N) is 1. The summed E-state index contributed by atoms with van der Waals surface area (Å²) < 4.78 is 16.4. The van der Waals surface area contributed by atoms with Gasteiger partial charge in [0.15, 0.2) is 11.5 Å². The van der Waals surface area contributed by atoms with E-state index in [1.165, 1.54) is 22.2 Å². The topological polar surface area (TPSA) is 46.7 Å². The number of H-pyrrole nitrogens is 1. The minimum absolute atomic E-state index is 0.635. The first-order valence-corrected chi connectivity index (χ1v) is 8.83. The number of hydrogen-bond donors (Lipinski definition) is 1. The molecule has 5 heteroatoms. The second-order valence-corrected chi connectivity index (χ2v) is 6.62. The molecule has 2 heterocycles. The van der Waals surface area contributed by atoms with Crippen molar-refractivity contribution < 1.29 is 14.2 Å². The van der Waals surface area contributed by atoms with Crippen molar-refractivity contribution in [3.63, 3.8) is 0 Å². The summed E-state index contributed by atoms with van der Waals surface area (Å²) in [6.45, 7) is 2.79. The molecule has 0 amide bonds. The van der Waals surface area contributed by atoms with E-state index in [1.807, 2.05) is 12.1 Å². The first kappa shape index (κ1) is 16.8. The summed E-state index contributed by atoms with van der Waals surface area (Å²) in [5.74, 6) is 2.03. The van der Waals surface area contributed by atoms with E-state index in [0.29, 0.717) is 17.2 Å². The molecule has 0 radical (unpaired) electrons. The van der Waals surface area contributed by atoms with Crippen molar-refractivity contribution in [1.29, 1.82) is 0 Å². The van der Waals surface area contributed by atoms with Crippen LogP contribution in [0.3, 0.4) is 0 Å². The van der Waals surface area contributed by atoms with Crippen molar-refractivity contribution in [2.75, 3.05) is 27.9 Å². The van der Waals surface area contributed by atoms with Crippen LogP contribution in [0.25, 0.3) is 10.9 Å². The standard InChI is InChI=1S/C21H24N2O3/c1-24-19-10-14(11-20(25-2)21(19)26-3)12-23-9-8-16-15-6-4-5-7-17(15)22-18(16)13-23/h4-7,10-11,22H,8-9,12-13H2,1-3H3. The highest BCUT2D eigenvalue weighted by Gasteiger charge is 2.21. The minimum atomic E-state index is 0.635. The van der Waals surface area contributed by atoms with Crippen LogP contribution in [0, 0.1) is 0 Å². The number of rotatable bonds is 5. The lowest BCUT2D eigenvalue weighted by Gasteiger charge is -2.27. The fourth-order valence-corrected chi connectivity index (χ4v) is 3.87. The van der Waals surface area contributed by atoms with Crippen molar-refractivity contribution in [3.8, 4) is 17.2 Å². The molecule has 0 saturated heterocycles. The average molecular weight is 352 g/mol. The maximum atomic E-state index is 5.48. The highest BCUT2D eigenvalue weighted by molar-refractivity contribution is 5.84. The predicted octanol–water partition coefficient (Wildman–Crippen LogP) is 3.75. The highest BCUT2D eigenvalue weighted by atomic mass is 16.5. The van der Waals surface area contributed by atoms with Crippen LogP contribution in [-0.2, 0) is 19.5 Å². The predicted molar refractivity (Wildman–Crippen MR) is 102 cm³/mol. The number of hydrogen-bond acceptors (Lipinski definition) is 4. The summed E-state index contributed by atoms with van der Waals surface area (Å²) >= 11 is 0. The van der Waals surface area contributed by atoms with E-state index < -0.39 is 0 Å². The van der Waals surface area contributed by atoms with Gasteiger partial charge in [-0.25, -0.2) is 0 Å². The van der Waals surface area contributed by atoms with Gasteiger partial charge < -0.3 is 19.2 Å². The monoisotopic (exact) mass is 352 g/mol. The molecule has 4 rings (SSSR count). The summed E-state index contributed by atoms with van der Waals surface area (Å²) in [4.78, 5) is 6.03. The third-order valence-electron chi connectivity index (χ3n) is 5.09. The quantitative estimate of drug-likeness (QED) is 0.760. The zero-order valence-corrected chi connectivity index (χ0v) is 15.5. The molecule has 1 aromatic heterocycles. The number of para-hydroxylation sites is 1. The van der Waals surface area contributed by atoms with Crippen LogP contribution in [0.5, 0.6) is 17.2 Å². The van der Waals surface area contributed by atoms with Gasteiger partial charge in [0.1, 0.15) is 0 Å². The van der Waals surface area contributed by atoms with Gasteiger partial charge in [0.05, 0.1) is 21.3 Å². The maximum absolute atomic E-state index is 5.48.